The molecule has 1 saturated carbocycles. The highest BCUT2D eigenvalue weighted by Crippen LogP contribution is 2.27. The van der Waals surface area contributed by atoms with Gasteiger partial charge in [-0.3, -0.25) is 4.79 Å². The van der Waals surface area contributed by atoms with Gasteiger partial charge in [0.05, 0.1) is 12.6 Å². The second kappa shape index (κ2) is 4.28. The summed E-state index contributed by atoms with van der Waals surface area (Å²) < 4.78 is 0. The second-order valence-electron chi connectivity index (χ2n) is 4.36. The maximum absolute atomic E-state index is 11.5. The molecule has 1 amide bonds. The van der Waals surface area contributed by atoms with Crippen LogP contribution < -0.4 is 5.32 Å². The fourth-order valence-corrected chi connectivity index (χ4v) is 1.79. The molecule has 0 aromatic heterocycles. The van der Waals surface area contributed by atoms with Crippen molar-refractivity contribution in [3.05, 3.63) is 0 Å². The van der Waals surface area contributed by atoms with E-state index in [1.807, 2.05) is 0 Å². The molecule has 1 aliphatic carbocycles. The first-order valence-corrected chi connectivity index (χ1v) is 5.42. The number of nitrogens with zero attached hydrogens (tertiary/aromatic N) is 1. The van der Waals surface area contributed by atoms with Crippen LogP contribution in [0.15, 0.2) is 0 Å². The van der Waals surface area contributed by atoms with Crippen LogP contribution in [0.25, 0.3) is 0 Å². The zero-order valence-electron chi connectivity index (χ0n) is 8.41. The highest BCUT2D eigenvalue weighted by Gasteiger charge is 2.25. The van der Waals surface area contributed by atoms with Crippen molar-refractivity contribution in [1.29, 1.82) is 0 Å². The Kier molecular flexibility index (Phi) is 3.03. The van der Waals surface area contributed by atoms with Crippen molar-refractivity contribution >= 4 is 5.91 Å². The molecule has 1 aliphatic heterocycles. The molecular weight excluding hydrogens is 180 g/mol. The molecule has 0 unspecified atom stereocenters. The van der Waals surface area contributed by atoms with E-state index >= 15 is 0 Å². The molecule has 0 aromatic rings. The van der Waals surface area contributed by atoms with Gasteiger partial charge in [0, 0.05) is 13.1 Å². The van der Waals surface area contributed by atoms with Gasteiger partial charge in [-0.2, -0.15) is 0 Å². The fourth-order valence-electron chi connectivity index (χ4n) is 1.79. The van der Waals surface area contributed by atoms with Crippen LogP contribution in [0.4, 0.5) is 0 Å². The maximum atomic E-state index is 11.5. The van der Waals surface area contributed by atoms with E-state index in [1.165, 1.54) is 12.8 Å². The number of aliphatic hydroxyl groups is 1. The normalized spacial score (nSPS) is 26.9. The molecule has 1 heterocycles. The molecule has 1 atom stereocenters. The minimum Gasteiger partial charge on any atom is -0.391 e. The molecule has 2 aliphatic rings. The van der Waals surface area contributed by atoms with E-state index in [1.54, 1.807) is 4.90 Å². The first-order valence-electron chi connectivity index (χ1n) is 5.42. The van der Waals surface area contributed by atoms with Gasteiger partial charge in [-0.1, -0.05) is 0 Å². The molecule has 4 heteroatoms. The molecule has 1 saturated heterocycles. The number of amides is 1. The summed E-state index contributed by atoms with van der Waals surface area (Å²) in [4.78, 5) is 13.3. The summed E-state index contributed by atoms with van der Waals surface area (Å²) in [5.74, 6) is 0.939. The van der Waals surface area contributed by atoms with Gasteiger partial charge >= 0.3 is 0 Å². The third-order valence-corrected chi connectivity index (χ3v) is 2.92. The maximum Gasteiger partial charge on any atom is 0.236 e. The summed E-state index contributed by atoms with van der Waals surface area (Å²) in [5, 5.41) is 12.4. The van der Waals surface area contributed by atoms with Gasteiger partial charge in [0.1, 0.15) is 0 Å². The van der Waals surface area contributed by atoms with Gasteiger partial charge in [0.15, 0.2) is 0 Å². The average Bonchev–Trinajstić information content (AvgIpc) is 2.87. The van der Waals surface area contributed by atoms with Crippen molar-refractivity contribution in [1.82, 2.24) is 10.2 Å². The second-order valence-corrected chi connectivity index (χ2v) is 4.36. The molecule has 0 spiro atoms. The van der Waals surface area contributed by atoms with Crippen LogP contribution in [-0.4, -0.2) is 48.2 Å². The summed E-state index contributed by atoms with van der Waals surface area (Å²) >= 11 is 0. The van der Waals surface area contributed by atoms with E-state index in [2.05, 4.69) is 5.32 Å². The summed E-state index contributed by atoms with van der Waals surface area (Å²) in [6.07, 6.45) is 3.05. The molecule has 2 fully saturated rings. The fraction of sp³-hybridized carbons (Fsp3) is 0.900. The lowest BCUT2D eigenvalue weighted by molar-refractivity contribution is -0.129. The predicted molar refractivity (Wildman–Crippen MR) is 52.8 cm³/mol. The van der Waals surface area contributed by atoms with E-state index in [0.29, 0.717) is 19.6 Å². The molecule has 0 radical (unpaired) electrons. The van der Waals surface area contributed by atoms with E-state index in [-0.39, 0.29) is 12.0 Å². The molecule has 0 aromatic carbocycles. The number of β-amino-alcohol motifs (C(OH)–C–C–N with tert-alkyl or cyclic N) is 1. The first kappa shape index (κ1) is 9.93. The highest BCUT2D eigenvalue weighted by atomic mass is 16.3. The minimum atomic E-state index is -0.303. The monoisotopic (exact) mass is 198 g/mol. The third kappa shape index (κ3) is 2.69. The van der Waals surface area contributed by atoms with Crippen LogP contribution >= 0.6 is 0 Å². The Bertz CT molecular complexity index is 216. The van der Waals surface area contributed by atoms with Crippen LogP contribution in [0.2, 0.25) is 0 Å². The van der Waals surface area contributed by atoms with Gasteiger partial charge in [-0.15, -0.1) is 0 Å². The van der Waals surface area contributed by atoms with Crippen molar-refractivity contribution in [2.24, 2.45) is 5.92 Å². The largest absolute Gasteiger partial charge is 0.391 e. The Morgan fingerprint density at radius 1 is 1.43 bits per heavy atom. The number of likely N-dealkylation sites (tertiary alicyclic amines) is 1. The summed E-state index contributed by atoms with van der Waals surface area (Å²) in [5.41, 5.74) is 0. The van der Waals surface area contributed by atoms with Crippen LogP contribution in [0.3, 0.4) is 0 Å². The summed E-state index contributed by atoms with van der Waals surface area (Å²) in [6.45, 7) is 2.64. The Balaban J connectivity index is 1.61. The van der Waals surface area contributed by atoms with Crippen molar-refractivity contribution in [2.45, 2.75) is 25.4 Å². The third-order valence-electron chi connectivity index (χ3n) is 2.92. The molecular formula is C10H18N2O2. The van der Waals surface area contributed by atoms with Crippen molar-refractivity contribution in [2.75, 3.05) is 26.2 Å². The number of aliphatic hydroxyl groups excluding tert-OH is 1. The molecule has 2 N–H and O–H groups in total. The van der Waals surface area contributed by atoms with Gasteiger partial charge in [0.25, 0.3) is 0 Å². The topological polar surface area (TPSA) is 52.6 Å². The summed E-state index contributed by atoms with van der Waals surface area (Å²) in [7, 11) is 0. The van der Waals surface area contributed by atoms with E-state index in [4.69, 9.17) is 0 Å². The summed E-state index contributed by atoms with van der Waals surface area (Å²) in [6, 6.07) is 0. The number of nitrogens with one attached hydrogen (secondary N) is 1. The highest BCUT2D eigenvalue weighted by molar-refractivity contribution is 5.78. The lowest BCUT2D eigenvalue weighted by Gasteiger charge is -2.15. The number of carbonyl (C=O) groups is 1. The van der Waals surface area contributed by atoms with Gasteiger partial charge in [-0.05, 0) is 31.7 Å². The lowest BCUT2D eigenvalue weighted by atomic mass is 10.3. The van der Waals surface area contributed by atoms with Crippen LogP contribution in [-0.2, 0) is 4.79 Å². The number of rotatable bonds is 4. The van der Waals surface area contributed by atoms with Crippen LogP contribution in [0.5, 0.6) is 0 Å². The predicted octanol–water partition coefficient (Wildman–Crippen LogP) is -0.421. The Morgan fingerprint density at radius 3 is 2.79 bits per heavy atom. The Morgan fingerprint density at radius 2 is 2.21 bits per heavy atom. The molecule has 14 heavy (non-hydrogen) atoms. The van der Waals surface area contributed by atoms with Crippen molar-refractivity contribution in [3.63, 3.8) is 0 Å². The van der Waals surface area contributed by atoms with E-state index < -0.39 is 0 Å². The van der Waals surface area contributed by atoms with Crippen LogP contribution in [0, 0.1) is 5.92 Å². The lowest BCUT2D eigenvalue weighted by Crippen LogP contribution is -2.37. The molecule has 2 rings (SSSR count). The molecule has 4 nitrogen and oxygen atoms in total. The van der Waals surface area contributed by atoms with E-state index in [0.717, 1.165) is 18.9 Å². The zero-order valence-corrected chi connectivity index (χ0v) is 8.41. The Labute approximate surface area is 84.3 Å². The smallest absolute Gasteiger partial charge is 0.236 e. The van der Waals surface area contributed by atoms with Gasteiger partial charge in [0.2, 0.25) is 5.91 Å². The van der Waals surface area contributed by atoms with E-state index in [9.17, 15) is 9.90 Å². The van der Waals surface area contributed by atoms with Gasteiger partial charge < -0.3 is 15.3 Å². The SMILES string of the molecule is O=C(CNCC1CC1)N1CC[C@H](O)C1. The Hall–Kier alpha value is -0.610. The average molecular weight is 198 g/mol. The van der Waals surface area contributed by atoms with Crippen molar-refractivity contribution in [3.8, 4) is 0 Å². The van der Waals surface area contributed by atoms with Crippen molar-refractivity contribution < 1.29 is 9.90 Å². The standard InChI is InChI=1S/C10H18N2O2/c13-9-3-4-12(7-9)10(14)6-11-5-8-1-2-8/h8-9,11,13H,1-7H2/t9-/m0/s1. The quantitative estimate of drug-likeness (QED) is 0.645. The number of carbonyl (C=O) groups excluding carboxylic acids is 1. The number of hydrogen-bond acceptors (Lipinski definition) is 3. The molecule has 0 bridgehead atoms. The zero-order chi connectivity index (χ0) is 9.97. The minimum absolute atomic E-state index is 0.127. The van der Waals surface area contributed by atoms with Crippen LogP contribution in [0.1, 0.15) is 19.3 Å². The number of hydrogen-bond donors (Lipinski definition) is 2. The first-order chi connectivity index (χ1) is 6.75. The molecule has 80 valence electrons. The van der Waals surface area contributed by atoms with Gasteiger partial charge in [-0.25, -0.2) is 0 Å².